The zero-order valence-corrected chi connectivity index (χ0v) is 11.9. The largest absolute Gasteiger partial charge is 0.339 e. The molecular formula is C16H21N3O. The Balaban J connectivity index is 1.63. The highest BCUT2D eigenvalue weighted by atomic mass is 16.5. The quantitative estimate of drug-likeness (QED) is 0.928. The molecule has 1 fully saturated rings. The normalized spacial score (nSPS) is 19.1. The van der Waals surface area contributed by atoms with Gasteiger partial charge in [0.05, 0.1) is 0 Å². The van der Waals surface area contributed by atoms with Crippen molar-refractivity contribution in [3.8, 4) is 0 Å². The summed E-state index contributed by atoms with van der Waals surface area (Å²) < 4.78 is 5.39. The summed E-state index contributed by atoms with van der Waals surface area (Å²) in [5.41, 5.74) is 2.54. The Labute approximate surface area is 119 Å². The summed E-state index contributed by atoms with van der Waals surface area (Å²) in [7, 11) is 0. The average molecular weight is 271 g/mol. The fourth-order valence-electron chi connectivity index (χ4n) is 2.77. The van der Waals surface area contributed by atoms with E-state index in [4.69, 9.17) is 4.52 Å². The van der Waals surface area contributed by atoms with E-state index in [-0.39, 0.29) is 0 Å². The Morgan fingerprint density at radius 1 is 1.35 bits per heavy atom. The van der Waals surface area contributed by atoms with Crippen LogP contribution in [0.2, 0.25) is 0 Å². The molecule has 1 saturated heterocycles. The maximum absolute atomic E-state index is 5.39. The van der Waals surface area contributed by atoms with E-state index in [9.17, 15) is 0 Å². The number of aromatic nitrogens is 2. The van der Waals surface area contributed by atoms with E-state index in [1.165, 1.54) is 24.0 Å². The number of benzene rings is 1. The Bertz CT molecular complexity index is 558. The molecule has 0 bridgehead atoms. The van der Waals surface area contributed by atoms with Crippen LogP contribution in [0.3, 0.4) is 0 Å². The van der Waals surface area contributed by atoms with E-state index >= 15 is 0 Å². The van der Waals surface area contributed by atoms with Crippen molar-refractivity contribution >= 4 is 0 Å². The molecule has 4 heteroatoms. The van der Waals surface area contributed by atoms with Crippen molar-refractivity contribution in [3.63, 3.8) is 0 Å². The molecule has 1 aliphatic rings. The lowest BCUT2D eigenvalue weighted by Crippen LogP contribution is -2.30. The minimum atomic E-state index is 0.635. The van der Waals surface area contributed by atoms with Crippen LogP contribution in [0.5, 0.6) is 0 Å². The Hall–Kier alpha value is -1.68. The summed E-state index contributed by atoms with van der Waals surface area (Å²) in [6.45, 7) is 4.32. The van der Waals surface area contributed by atoms with Gasteiger partial charge in [0.2, 0.25) is 5.89 Å². The number of hydrogen-bond acceptors (Lipinski definition) is 4. The summed E-state index contributed by atoms with van der Waals surface area (Å²) in [5.74, 6) is 2.20. The molecule has 1 aromatic heterocycles. The molecule has 2 heterocycles. The first kappa shape index (κ1) is 13.3. The van der Waals surface area contributed by atoms with Crippen LogP contribution in [0.1, 0.15) is 35.7 Å². The van der Waals surface area contributed by atoms with Crippen LogP contribution in [0, 0.1) is 12.8 Å². The number of nitrogens with zero attached hydrogens (tertiary/aromatic N) is 2. The van der Waals surface area contributed by atoms with E-state index in [1.807, 2.05) is 0 Å². The third kappa shape index (κ3) is 3.25. The van der Waals surface area contributed by atoms with Gasteiger partial charge in [-0.15, -0.1) is 0 Å². The first-order valence-electron chi connectivity index (χ1n) is 7.38. The second kappa shape index (κ2) is 6.18. The molecule has 1 aliphatic heterocycles. The van der Waals surface area contributed by atoms with Crippen molar-refractivity contribution < 1.29 is 4.52 Å². The molecule has 106 valence electrons. The molecule has 2 aromatic rings. The minimum absolute atomic E-state index is 0.635. The molecule has 0 spiro atoms. The van der Waals surface area contributed by atoms with Crippen LogP contribution < -0.4 is 5.32 Å². The van der Waals surface area contributed by atoms with Gasteiger partial charge in [-0.2, -0.15) is 4.98 Å². The maximum atomic E-state index is 5.39. The average Bonchev–Trinajstić information content (AvgIpc) is 2.90. The SMILES string of the molecule is Cc1ccccc1Cc1noc(CC2CCCNC2)n1. The monoisotopic (exact) mass is 271 g/mol. The molecule has 1 unspecified atom stereocenters. The number of aryl methyl sites for hydroxylation is 1. The molecule has 1 aromatic carbocycles. The number of rotatable bonds is 4. The van der Waals surface area contributed by atoms with Crippen LogP contribution in [0.4, 0.5) is 0 Å². The molecule has 1 N–H and O–H groups in total. The van der Waals surface area contributed by atoms with E-state index in [1.54, 1.807) is 0 Å². The van der Waals surface area contributed by atoms with Gasteiger partial charge in [-0.25, -0.2) is 0 Å². The molecule has 3 rings (SSSR count). The van der Waals surface area contributed by atoms with Crippen molar-refractivity contribution in [1.82, 2.24) is 15.5 Å². The predicted octanol–water partition coefficient (Wildman–Crippen LogP) is 2.51. The Morgan fingerprint density at radius 2 is 2.25 bits per heavy atom. The van der Waals surface area contributed by atoms with E-state index in [2.05, 4.69) is 46.6 Å². The zero-order chi connectivity index (χ0) is 13.8. The first-order chi connectivity index (χ1) is 9.81. The lowest BCUT2D eigenvalue weighted by Gasteiger charge is -2.20. The number of nitrogens with one attached hydrogen (secondary N) is 1. The van der Waals surface area contributed by atoms with Crippen molar-refractivity contribution in [2.45, 2.75) is 32.6 Å². The lowest BCUT2D eigenvalue weighted by molar-refractivity contribution is 0.314. The molecule has 0 radical (unpaired) electrons. The summed E-state index contributed by atoms with van der Waals surface area (Å²) in [6, 6.07) is 8.34. The second-order valence-electron chi connectivity index (χ2n) is 5.62. The van der Waals surface area contributed by atoms with Crippen molar-refractivity contribution in [2.75, 3.05) is 13.1 Å². The van der Waals surface area contributed by atoms with Crippen molar-refractivity contribution in [1.29, 1.82) is 0 Å². The van der Waals surface area contributed by atoms with Gasteiger partial charge in [0.15, 0.2) is 5.82 Å². The van der Waals surface area contributed by atoms with E-state index < -0.39 is 0 Å². The molecule has 0 saturated carbocycles. The first-order valence-corrected chi connectivity index (χ1v) is 7.38. The van der Waals surface area contributed by atoms with Gasteiger partial charge in [-0.3, -0.25) is 0 Å². The number of piperidine rings is 1. The number of hydrogen-bond donors (Lipinski definition) is 1. The van der Waals surface area contributed by atoms with Crippen molar-refractivity contribution in [2.24, 2.45) is 5.92 Å². The minimum Gasteiger partial charge on any atom is -0.339 e. The molecule has 0 amide bonds. The van der Waals surface area contributed by atoms with Gasteiger partial charge in [0.25, 0.3) is 0 Å². The zero-order valence-electron chi connectivity index (χ0n) is 11.9. The van der Waals surface area contributed by atoms with Gasteiger partial charge >= 0.3 is 0 Å². The van der Waals surface area contributed by atoms with E-state index in [0.717, 1.165) is 37.6 Å². The van der Waals surface area contributed by atoms with Crippen LogP contribution in [-0.4, -0.2) is 23.2 Å². The highest BCUT2D eigenvalue weighted by Crippen LogP contribution is 2.16. The standard InChI is InChI=1S/C16H21N3O/c1-12-5-2-3-7-14(12)10-15-18-16(20-19-15)9-13-6-4-8-17-11-13/h2-3,5,7,13,17H,4,6,8-11H2,1H3. The predicted molar refractivity (Wildman–Crippen MR) is 77.6 cm³/mol. The van der Waals surface area contributed by atoms with Gasteiger partial charge < -0.3 is 9.84 Å². The second-order valence-corrected chi connectivity index (χ2v) is 5.62. The fraction of sp³-hybridized carbons (Fsp3) is 0.500. The highest BCUT2D eigenvalue weighted by molar-refractivity contribution is 5.27. The Kier molecular flexibility index (Phi) is 4.11. The van der Waals surface area contributed by atoms with Gasteiger partial charge in [-0.1, -0.05) is 29.4 Å². The molecule has 1 atom stereocenters. The van der Waals surface area contributed by atoms with E-state index in [0.29, 0.717) is 5.92 Å². The third-order valence-electron chi connectivity index (χ3n) is 3.98. The summed E-state index contributed by atoms with van der Waals surface area (Å²) in [4.78, 5) is 4.54. The smallest absolute Gasteiger partial charge is 0.226 e. The maximum Gasteiger partial charge on any atom is 0.226 e. The van der Waals surface area contributed by atoms with Crippen LogP contribution in [-0.2, 0) is 12.8 Å². The third-order valence-corrected chi connectivity index (χ3v) is 3.98. The van der Waals surface area contributed by atoms with Gasteiger partial charge in [0.1, 0.15) is 0 Å². The lowest BCUT2D eigenvalue weighted by atomic mass is 9.96. The molecule has 20 heavy (non-hydrogen) atoms. The van der Waals surface area contributed by atoms with Crippen molar-refractivity contribution in [3.05, 3.63) is 47.1 Å². The van der Waals surface area contributed by atoms with Gasteiger partial charge in [0, 0.05) is 12.8 Å². The highest BCUT2D eigenvalue weighted by Gasteiger charge is 2.17. The topological polar surface area (TPSA) is 51.0 Å². The Morgan fingerprint density at radius 3 is 3.05 bits per heavy atom. The fourth-order valence-corrected chi connectivity index (χ4v) is 2.77. The van der Waals surface area contributed by atoms with Gasteiger partial charge in [-0.05, 0) is 49.9 Å². The molecular weight excluding hydrogens is 250 g/mol. The summed E-state index contributed by atoms with van der Waals surface area (Å²) in [6.07, 6.45) is 4.14. The van der Waals surface area contributed by atoms with Crippen LogP contribution >= 0.6 is 0 Å². The summed E-state index contributed by atoms with van der Waals surface area (Å²) in [5, 5.41) is 7.53. The molecule has 4 nitrogen and oxygen atoms in total. The van der Waals surface area contributed by atoms with Crippen LogP contribution in [0.15, 0.2) is 28.8 Å². The molecule has 0 aliphatic carbocycles. The summed E-state index contributed by atoms with van der Waals surface area (Å²) >= 11 is 0. The van der Waals surface area contributed by atoms with Crippen LogP contribution in [0.25, 0.3) is 0 Å².